The molecule has 0 spiro atoms. The van der Waals surface area contributed by atoms with Crippen molar-refractivity contribution in [1.82, 2.24) is 0 Å². The molecule has 5 heteroatoms. The van der Waals surface area contributed by atoms with Crippen LogP contribution in [0.4, 0.5) is 10.1 Å². The summed E-state index contributed by atoms with van der Waals surface area (Å²) in [5.74, 6) is 0.645. The molecule has 2 nitrogen and oxygen atoms in total. The van der Waals surface area contributed by atoms with Crippen LogP contribution in [0.15, 0.2) is 34.8 Å². The highest BCUT2D eigenvalue weighted by atomic mass is 79.9. The van der Waals surface area contributed by atoms with Crippen LogP contribution in [0.2, 0.25) is 5.02 Å². The minimum Gasteiger partial charge on any atom is -0.493 e. The van der Waals surface area contributed by atoms with Gasteiger partial charge in [-0.15, -0.1) is 0 Å². The van der Waals surface area contributed by atoms with Gasteiger partial charge in [-0.3, -0.25) is 0 Å². The van der Waals surface area contributed by atoms with E-state index in [1.807, 2.05) is 6.07 Å². The summed E-state index contributed by atoms with van der Waals surface area (Å²) in [5.41, 5.74) is 3.25. The Morgan fingerprint density at radius 3 is 2.95 bits per heavy atom. The third-order valence-electron chi connectivity index (χ3n) is 3.48. The molecule has 1 aliphatic rings. The van der Waals surface area contributed by atoms with Gasteiger partial charge in [-0.1, -0.05) is 23.7 Å². The molecule has 0 amide bonds. The monoisotopic (exact) mass is 369 g/mol. The van der Waals surface area contributed by atoms with Crippen LogP contribution < -0.4 is 10.1 Å². The highest BCUT2D eigenvalue weighted by molar-refractivity contribution is 9.10. The van der Waals surface area contributed by atoms with Gasteiger partial charge in [-0.2, -0.15) is 0 Å². The maximum atomic E-state index is 13.2. The molecule has 0 saturated heterocycles. The van der Waals surface area contributed by atoms with Gasteiger partial charge in [-0.25, -0.2) is 4.39 Å². The van der Waals surface area contributed by atoms with Gasteiger partial charge in [0.25, 0.3) is 0 Å². The molecule has 3 rings (SSSR count). The first-order valence-corrected chi connectivity index (χ1v) is 7.93. The van der Waals surface area contributed by atoms with Crippen molar-refractivity contribution >= 4 is 33.2 Å². The Balaban J connectivity index is 1.64. The van der Waals surface area contributed by atoms with E-state index < -0.39 is 0 Å². The van der Waals surface area contributed by atoms with Crippen LogP contribution in [0.1, 0.15) is 11.1 Å². The molecule has 1 aliphatic heterocycles. The van der Waals surface area contributed by atoms with E-state index in [0.717, 1.165) is 37.4 Å². The Morgan fingerprint density at radius 1 is 1.29 bits per heavy atom. The molecule has 1 heterocycles. The van der Waals surface area contributed by atoms with Crippen molar-refractivity contribution in [3.05, 3.63) is 56.8 Å². The summed E-state index contributed by atoms with van der Waals surface area (Å²) in [4.78, 5) is 0. The number of benzene rings is 2. The molecule has 110 valence electrons. The lowest BCUT2D eigenvalue weighted by Crippen LogP contribution is -2.06. The first-order valence-electron chi connectivity index (χ1n) is 6.76. The number of rotatable bonds is 4. The second-order valence-corrected chi connectivity index (χ2v) is 6.22. The maximum Gasteiger partial charge on any atom is 0.125 e. The molecule has 0 unspecified atom stereocenters. The largest absolute Gasteiger partial charge is 0.493 e. The lowest BCUT2D eigenvalue weighted by atomic mass is 10.1. The highest BCUT2D eigenvalue weighted by Crippen LogP contribution is 2.32. The number of hydrogen-bond donors (Lipinski definition) is 1. The van der Waals surface area contributed by atoms with Gasteiger partial charge in [0.2, 0.25) is 0 Å². The molecule has 2 aromatic carbocycles. The predicted molar refractivity (Wildman–Crippen MR) is 86.9 cm³/mol. The van der Waals surface area contributed by atoms with Gasteiger partial charge >= 0.3 is 0 Å². The van der Waals surface area contributed by atoms with E-state index in [0.29, 0.717) is 9.50 Å². The van der Waals surface area contributed by atoms with Gasteiger partial charge in [-0.05, 0) is 51.7 Å². The van der Waals surface area contributed by atoms with Gasteiger partial charge < -0.3 is 10.1 Å². The average molecular weight is 371 g/mol. The van der Waals surface area contributed by atoms with E-state index in [4.69, 9.17) is 16.3 Å². The zero-order valence-corrected chi connectivity index (χ0v) is 13.6. The molecular formula is C16H14BrClFNO. The number of fused-ring (bicyclic) bond motifs is 1. The predicted octanol–water partition coefficient (Wildman–Crippen LogP) is 4.83. The molecule has 0 aliphatic carbocycles. The van der Waals surface area contributed by atoms with Gasteiger partial charge in [0.1, 0.15) is 11.6 Å². The van der Waals surface area contributed by atoms with Crippen molar-refractivity contribution < 1.29 is 9.13 Å². The quantitative estimate of drug-likeness (QED) is 0.832. The molecule has 0 aromatic heterocycles. The van der Waals surface area contributed by atoms with Gasteiger partial charge in [0.15, 0.2) is 0 Å². The van der Waals surface area contributed by atoms with Crippen LogP contribution in [0, 0.1) is 5.82 Å². The fourth-order valence-corrected chi connectivity index (χ4v) is 3.40. The van der Waals surface area contributed by atoms with Gasteiger partial charge in [0.05, 0.1) is 17.3 Å². The molecule has 2 aromatic rings. The summed E-state index contributed by atoms with van der Waals surface area (Å²) in [6.45, 7) is 1.50. The first kappa shape index (κ1) is 14.7. The summed E-state index contributed by atoms with van der Waals surface area (Å²) in [7, 11) is 0. The highest BCUT2D eigenvalue weighted by Gasteiger charge is 2.12. The molecule has 0 bridgehead atoms. The lowest BCUT2D eigenvalue weighted by molar-refractivity contribution is 0.357. The maximum absolute atomic E-state index is 13.2. The average Bonchev–Trinajstić information content (AvgIpc) is 2.89. The Labute approximate surface area is 136 Å². The zero-order chi connectivity index (χ0) is 14.8. The Hall–Kier alpha value is -1.26. The standard InChI is InChI=1S/C16H14BrClFNO/c17-13-8-12(19)9-14(18)16(13)20-5-3-10-1-2-15-11(7-10)4-6-21-15/h1-2,7-9,20H,3-6H2. The minimum atomic E-state index is -0.351. The summed E-state index contributed by atoms with van der Waals surface area (Å²) in [5, 5.41) is 3.63. The molecule has 21 heavy (non-hydrogen) atoms. The third-order valence-corrected chi connectivity index (χ3v) is 4.40. The van der Waals surface area contributed by atoms with E-state index >= 15 is 0 Å². The molecule has 0 saturated carbocycles. The van der Waals surface area contributed by atoms with Gasteiger partial charge in [0, 0.05) is 17.4 Å². The second kappa shape index (κ2) is 6.24. The van der Waals surface area contributed by atoms with Crippen LogP contribution in [0.5, 0.6) is 5.75 Å². The van der Waals surface area contributed by atoms with E-state index in [9.17, 15) is 4.39 Å². The molecule has 0 radical (unpaired) electrons. The molecule has 0 atom stereocenters. The topological polar surface area (TPSA) is 21.3 Å². The third kappa shape index (κ3) is 3.33. The fraction of sp³-hybridized carbons (Fsp3) is 0.250. The minimum absolute atomic E-state index is 0.351. The van der Waals surface area contributed by atoms with Crippen molar-refractivity contribution in [2.75, 3.05) is 18.5 Å². The fourth-order valence-electron chi connectivity index (χ4n) is 2.44. The van der Waals surface area contributed by atoms with Crippen molar-refractivity contribution in [1.29, 1.82) is 0 Å². The van der Waals surface area contributed by atoms with Crippen LogP contribution in [0.25, 0.3) is 0 Å². The van der Waals surface area contributed by atoms with E-state index in [1.54, 1.807) is 0 Å². The number of halogens is 3. The van der Waals surface area contributed by atoms with E-state index in [-0.39, 0.29) is 5.82 Å². The Kier molecular flexibility index (Phi) is 4.36. The number of anilines is 1. The Bertz CT molecular complexity index is 654. The smallest absolute Gasteiger partial charge is 0.125 e. The van der Waals surface area contributed by atoms with Crippen LogP contribution in [-0.4, -0.2) is 13.2 Å². The second-order valence-electron chi connectivity index (χ2n) is 4.96. The van der Waals surface area contributed by atoms with E-state index in [2.05, 4.69) is 33.4 Å². The number of hydrogen-bond acceptors (Lipinski definition) is 2. The summed E-state index contributed by atoms with van der Waals surface area (Å²) in [6, 6.07) is 9.00. The number of ether oxygens (including phenoxy) is 1. The van der Waals surface area contributed by atoms with Crippen LogP contribution in [0.3, 0.4) is 0 Å². The van der Waals surface area contributed by atoms with Crippen molar-refractivity contribution in [2.45, 2.75) is 12.8 Å². The van der Waals surface area contributed by atoms with E-state index in [1.165, 1.54) is 23.3 Å². The zero-order valence-electron chi connectivity index (χ0n) is 11.3. The van der Waals surface area contributed by atoms with Crippen LogP contribution in [-0.2, 0) is 12.8 Å². The van der Waals surface area contributed by atoms with Crippen LogP contribution >= 0.6 is 27.5 Å². The summed E-state index contributed by atoms with van der Waals surface area (Å²) in [6.07, 6.45) is 1.85. The lowest BCUT2D eigenvalue weighted by Gasteiger charge is -2.11. The Morgan fingerprint density at radius 2 is 2.14 bits per heavy atom. The SMILES string of the molecule is Fc1cc(Cl)c(NCCc2ccc3c(c2)CCO3)c(Br)c1. The molecule has 0 fully saturated rings. The first-order chi connectivity index (χ1) is 10.1. The van der Waals surface area contributed by atoms with Crippen molar-refractivity contribution in [3.8, 4) is 5.75 Å². The normalized spacial score (nSPS) is 12.9. The summed E-state index contributed by atoms with van der Waals surface area (Å²) >= 11 is 9.37. The summed E-state index contributed by atoms with van der Waals surface area (Å²) < 4.78 is 19.3. The number of nitrogens with one attached hydrogen (secondary N) is 1. The molecular weight excluding hydrogens is 357 g/mol. The van der Waals surface area contributed by atoms with Crippen molar-refractivity contribution in [3.63, 3.8) is 0 Å². The molecule has 1 N–H and O–H groups in total. The van der Waals surface area contributed by atoms with Crippen molar-refractivity contribution in [2.24, 2.45) is 0 Å².